The van der Waals surface area contributed by atoms with Crippen LogP contribution in [0.2, 0.25) is 0 Å². The van der Waals surface area contributed by atoms with E-state index in [1.54, 1.807) is 18.2 Å². The van der Waals surface area contributed by atoms with Crippen molar-refractivity contribution in [2.24, 2.45) is 5.10 Å². The number of anilines is 1. The highest BCUT2D eigenvalue weighted by Crippen LogP contribution is 2.27. The maximum atomic E-state index is 11.7. The van der Waals surface area contributed by atoms with Crippen LogP contribution in [-0.4, -0.2) is 30.9 Å². The van der Waals surface area contributed by atoms with Gasteiger partial charge < -0.3 is 15.2 Å². The van der Waals surface area contributed by atoms with Crippen molar-refractivity contribution in [2.45, 2.75) is 0 Å². The molecule has 7 heteroatoms. The van der Waals surface area contributed by atoms with Gasteiger partial charge in [0.1, 0.15) is 0 Å². The summed E-state index contributed by atoms with van der Waals surface area (Å²) in [7, 11) is 1.47. The maximum Gasteiger partial charge on any atom is 0.259 e. The van der Waals surface area contributed by atoms with E-state index < -0.39 is 0 Å². The molecule has 0 aliphatic rings. The third-order valence-electron chi connectivity index (χ3n) is 2.94. The van der Waals surface area contributed by atoms with E-state index in [-0.39, 0.29) is 18.2 Å². The number of ether oxygens (including phenoxy) is 1. The van der Waals surface area contributed by atoms with E-state index >= 15 is 0 Å². The fourth-order valence-corrected chi connectivity index (χ4v) is 2.13. The van der Waals surface area contributed by atoms with Gasteiger partial charge in [-0.3, -0.25) is 4.79 Å². The number of nitrogens with one attached hydrogen (secondary N) is 2. The lowest BCUT2D eigenvalue weighted by Crippen LogP contribution is -2.25. The molecule has 0 aromatic heterocycles. The molecule has 3 N–H and O–H groups in total. The number of carbonyl (C=O) groups excluding carboxylic acids is 1. The summed E-state index contributed by atoms with van der Waals surface area (Å²) < 4.78 is 6.12. The molecular weight excluding hydrogens is 409 g/mol. The van der Waals surface area contributed by atoms with Crippen molar-refractivity contribution in [2.75, 3.05) is 19.0 Å². The molecule has 0 atom stereocenters. The maximum absolute atomic E-state index is 11.7. The van der Waals surface area contributed by atoms with Crippen LogP contribution in [0.1, 0.15) is 5.56 Å². The van der Waals surface area contributed by atoms with Crippen LogP contribution in [0.15, 0.2) is 47.6 Å². The van der Waals surface area contributed by atoms with E-state index in [2.05, 4.69) is 38.4 Å². The molecule has 0 saturated heterocycles. The smallest absolute Gasteiger partial charge is 0.259 e. The van der Waals surface area contributed by atoms with E-state index in [1.165, 1.54) is 13.3 Å². The van der Waals surface area contributed by atoms with Crippen molar-refractivity contribution in [1.29, 1.82) is 0 Å². The zero-order valence-corrected chi connectivity index (χ0v) is 14.6. The summed E-state index contributed by atoms with van der Waals surface area (Å²) in [6.45, 7) is 0.0992. The minimum absolute atomic E-state index is 0.0231. The van der Waals surface area contributed by atoms with Crippen LogP contribution in [0.25, 0.3) is 0 Å². The molecule has 0 bridgehead atoms. The molecule has 0 fully saturated rings. The molecule has 0 heterocycles. The highest BCUT2D eigenvalue weighted by atomic mass is 127. The first-order chi connectivity index (χ1) is 11.1. The minimum atomic E-state index is -0.290. The van der Waals surface area contributed by atoms with Gasteiger partial charge in [-0.05, 0) is 59.0 Å². The van der Waals surface area contributed by atoms with Gasteiger partial charge in [-0.15, -0.1) is 0 Å². The predicted octanol–water partition coefficient (Wildman–Crippen LogP) is 2.57. The van der Waals surface area contributed by atoms with Gasteiger partial charge in [-0.1, -0.05) is 6.07 Å². The van der Waals surface area contributed by atoms with Crippen molar-refractivity contribution in [3.63, 3.8) is 0 Å². The number of nitrogens with zero attached hydrogens (tertiary/aromatic N) is 1. The van der Waals surface area contributed by atoms with Crippen LogP contribution in [0.5, 0.6) is 11.5 Å². The summed E-state index contributed by atoms with van der Waals surface area (Å²) in [4.78, 5) is 11.7. The van der Waals surface area contributed by atoms with Gasteiger partial charge in [0.05, 0.1) is 19.9 Å². The number of methoxy groups -OCH3 is 1. The second-order valence-electron chi connectivity index (χ2n) is 4.55. The molecule has 23 heavy (non-hydrogen) atoms. The molecule has 2 aromatic rings. The number of phenolic OH excluding ortho intramolecular Hbond substituents is 1. The number of benzene rings is 2. The number of hydrogen-bond donors (Lipinski definition) is 3. The normalized spacial score (nSPS) is 10.5. The first kappa shape index (κ1) is 17.1. The van der Waals surface area contributed by atoms with Crippen LogP contribution >= 0.6 is 22.6 Å². The fraction of sp³-hybridized carbons (Fsp3) is 0.125. The van der Waals surface area contributed by atoms with Crippen LogP contribution < -0.4 is 15.5 Å². The standard InChI is InChI=1S/C16H16IN3O3/c1-23-14-4-2-3-11(16(14)22)9-19-20-15(21)10-18-13-7-5-12(17)6-8-13/h2-9,18,22H,10H2,1H3,(H,20,21). The first-order valence-corrected chi connectivity index (χ1v) is 7.85. The third kappa shape index (κ3) is 5.13. The largest absolute Gasteiger partial charge is 0.504 e. The Labute approximate surface area is 147 Å². The highest BCUT2D eigenvalue weighted by molar-refractivity contribution is 14.1. The lowest BCUT2D eigenvalue weighted by atomic mass is 10.2. The van der Waals surface area contributed by atoms with E-state index in [9.17, 15) is 9.90 Å². The quantitative estimate of drug-likeness (QED) is 0.378. The van der Waals surface area contributed by atoms with Gasteiger partial charge >= 0.3 is 0 Å². The second-order valence-corrected chi connectivity index (χ2v) is 5.80. The summed E-state index contributed by atoms with van der Waals surface area (Å²) in [6.07, 6.45) is 1.36. The molecule has 0 spiro atoms. The summed E-state index contributed by atoms with van der Waals surface area (Å²) in [5, 5.41) is 16.7. The number of halogens is 1. The zero-order chi connectivity index (χ0) is 16.7. The van der Waals surface area contributed by atoms with Gasteiger partial charge in [-0.2, -0.15) is 5.10 Å². The fourth-order valence-electron chi connectivity index (χ4n) is 1.77. The number of para-hydroxylation sites is 1. The van der Waals surface area contributed by atoms with Crippen molar-refractivity contribution < 1.29 is 14.6 Å². The Morgan fingerprint density at radius 2 is 2.04 bits per heavy atom. The van der Waals surface area contributed by atoms with Gasteiger partial charge in [0.2, 0.25) is 0 Å². The average Bonchev–Trinajstić information content (AvgIpc) is 2.56. The first-order valence-electron chi connectivity index (χ1n) is 6.77. The number of phenols is 1. The summed E-state index contributed by atoms with van der Waals surface area (Å²) in [5.41, 5.74) is 3.70. The molecule has 0 unspecified atom stereocenters. The average molecular weight is 425 g/mol. The molecule has 6 nitrogen and oxygen atoms in total. The molecule has 2 aromatic carbocycles. The van der Waals surface area contributed by atoms with E-state index in [1.807, 2.05) is 24.3 Å². The van der Waals surface area contributed by atoms with Crippen molar-refractivity contribution in [3.05, 3.63) is 51.6 Å². The molecule has 1 amide bonds. The highest BCUT2D eigenvalue weighted by Gasteiger charge is 2.05. The molecule has 0 aliphatic carbocycles. The molecule has 0 radical (unpaired) electrons. The zero-order valence-electron chi connectivity index (χ0n) is 12.4. The number of amides is 1. The number of hydrogen-bond acceptors (Lipinski definition) is 5. The number of hydrazone groups is 1. The molecule has 120 valence electrons. The second kappa shape index (κ2) is 8.37. The van der Waals surface area contributed by atoms with Crippen LogP contribution in [0.3, 0.4) is 0 Å². The Kier molecular flexibility index (Phi) is 6.21. The Hall–Kier alpha value is -2.29. The van der Waals surface area contributed by atoms with Gasteiger partial charge in [0, 0.05) is 14.8 Å². The lowest BCUT2D eigenvalue weighted by Gasteiger charge is -2.06. The summed E-state index contributed by atoms with van der Waals surface area (Å²) >= 11 is 2.21. The molecule has 0 saturated carbocycles. The lowest BCUT2D eigenvalue weighted by molar-refractivity contribution is -0.119. The van der Waals surface area contributed by atoms with Crippen molar-refractivity contribution in [3.8, 4) is 11.5 Å². The Bertz CT molecular complexity index is 702. The van der Waals surface area contributed by atoms with Crippen molar-refractivity contribution in [1.82, 2.24) is 5.43 Å². The monoisotopic (exact) mass is 425 g/mol. The molecular formula is C16H16IN3O3. The number of rotatable bonds is 6. The Balaban J connectivity index is 1.85. The molecule has 2 rings (SSSR count). The van der Waals surface area contributed by atoms with Crippen LogP contribution in [0, 0.1) is 3.57 Å². The number of carbonyl (C=O) groups is 1. The van der Waals surface area contributed by atoms with Crippen LogP contribution in [0.4, 0.5) is 5.69 Å². The van der Waals surface area contributed by atoms with E-state index in [4.69, 9.17) is 4.74 Å². The Morgan fingerprint density at radius 3 is 2.74 bits per heavy atom. The minimum Gasteiger partial charge on any atom is -0.504 e. The summed E-state index contributed by atoms with van der Waals surface area (Å²) in [5.74, 6) is 0.0350. The predicted molar refractivity (Wildman–Crippen MR) is 98.0 cm³/mol. The topological polar surface area (TPSA) is 83.0 Å². The van der Waals surface area contributed by atoms with Crippen molar-refractivity contribution >= 4 is 40.4 Å². The van der Waals surface area contributed by atoms with E-state index in [0.29, 0.717) is 11.3 Å². The third-order valence-corrected chi connectivity index (χ3v) is 3.66. The SMILES string of the molecule is COc1cccc(C=NNC(=O)CNc2ccc(I)cc2)c1O. The molecule has 0 aliphatic heterocycles. The Morgan fingerprint density at radius 1 is 1.30 bits per heavy atom. The van der Waals surface area contributed by atoms with E-state index in [0.717, 1.165) is 9.26 Å². The van der Waals surface area contributed by atoms with Gasteiger partial charge in [0.25, 0.3) is 5.91 Å². The van der Waals surface area contributed by atoms with Gasteiger partial charge in [0.15, 0.2) is 11.5 Å². The van der Waals surface area contributed by atoms with Crippen LogP contribution in [-0.2, 0) is 4.79 Å². The van der Waals surface area contributed by atoms with Gasteiger partial charge in [-0.25, -0.2) is 5.43 Å². The summed E-state index contributed by atoms with van der Waals surface area (Å²) in [6, 6.07) is 12.7. The number of aromatic hydroxyl groups is 1.